The molecule has 0 aliphatic carbocycles. The number of hydrogen-bond acceptors (Lipinski definition) is 4. The summed E-state index contributed by atoms with van der Waals surface area (Å²) in [5.74, 6) is -0.512. The van der Waals surface area contributed by atoms with E-state index in [0.717, 1.165) is 6.29 Å². The number of rotatable bonds is 8. The number of carbonyl (C=O) groups excluding carboxylic acids is 2. The van der Waals surface area contributed by atoms with Gasteiger partial charge in [0.05, 0.1) is 19.4 Å². The van der Waals surface area contributed by atoms with Crippen LogP contribution in [-0.4, -0.2) is 29.9 Å². The highest BCUT2D eigenvalue weighted by atomic mass is 16.5. The average molecular weight is 327 g/mol. The number of benzene rings is 2. The number of carbonyl (C=O) groups is 3. The van der Waals surface area contributed by atoms with Gasteiger partial charge in [-0.3, -0.25) is 14.4 Å². The third kappa shape index (κ3) is 5.57. The van der Waals surface area contributed by atoms with Crippen LogP contribution < -0.4 is 10.1 Å². The summed E-state index contributed by atoms with van der Waals surface area (Å²) in [5.41, 5.74) is 1.83. The lowest BCUT2D eigenvalue weighted by Gasteiger charge is -2.08. The number of aliphatic carboxylic acids is 1. The zero-order chi connectivity index (χ0) is 17.4. The molecule has 2 rings (SSSR count). The maximum Gasteiger partial charge on any atom is 0.307 e. The minimum absolute atomic E-state index is 0.0506. The van der Waals surface area contributed by atoms with Crippen molar-refractivity contribution in [2.24, 2.45) is 0 Å². The van der Waals surface area contributed by atoms with Gasteiger partial charge < -0.3 is 15.2 Å². The molecule has 0 aliphatic heterocycles. The zero-order valence-electron chi connectivity index (χ0n) is 12.9. The highest BCUT2D eigenvalue weighted by Crippen LogP contribution is 2.12. The van der Waals surface area contributed by atoms with Gasteiger partial charge in [-0.2, -0.15) is 0 Å². The first kappa shape index (κ1) is 17.2. The van der Waals surface area contributed by atoms with Crippen LogP contribution in [0.5, 0.6) is 5.75 Å². The van der Waals surface area contributed by atoms with E-state index in [9.17, 15) is 14.4 Å². The molecule has 6 heteroatoms. The molecular formula is C18H17NO5. The maximum atomic E-state index is 11.8. The van der Waals surface area contributed by atoms with E-state index in [0.29, 0.717) is 22.6 Å². The van der Waals surface area contributed by atoms with Gasteiger partial charge in [-0.1, -0.05) is 12.1 Å². The molecular weight excluding hydrogens is 310 g/mol. The first-order valence-corrected chi connectivity index (χ1v) is 7.35. The Morgan fingerprint density at radius 1 is 1.04 bits per heavy atom. The quantitative estimate of drug-likeness (QED) is 0.727. The summed E-state index contributed by atoms with van der Waals surface area (Å²) in [5, 5.41) is 11.4. The van der Waals surface area contributed by atoms with E-state index < -0.39 is 5.97 Å². The summed E-state index contributed by atoms with van der Waals surface area (Å²) < 4.78 is 5.43. The van der Waals surface area contributed by atoms with Gasteiger partial charge in [0.25, 0.3) is 0 Å². The molecule has 2 aromatic rings. The highest BCUT2D eigenvalue weighted by molar-refractivity contribution is 5.90. The molecule has 0 aliphatic rings. The molecule has 2 N–H and O–H groups in total. The van der Waals surface area contributed by atoms with Crippen LogP contribution in [0, 0.1) is 0 Å². The molecule has 6 nitrogen and oxygen atoms in total. The lowest BCUT2D eigenvalue weighted by atomic mass is 10.1. The Kier molecular flexibility index (Phi) is 6.08. The summed E-state index contributed by atoms with van der Waals surface area (Å²) in [6.45, 7) is 0.212. The topological polar surface area (TPSA) is 92.7 Å². The SMILES string of the molecule is O=Cc1ccc(OCCC(=O)Nc2ccc(CC(=O)O)cc2)cc1. The van der Waals surface area contributed by atoms with Gasteiger partial charge in [0.1, 0.15) is 12.0 Å². The van der Waals surface area contributed by atoms with E-state index in [4.69, 9.17) is 9.84 Å². The Balaban J connectivity index is 1.76. The minimum Gasteiger partial charge on any atom is -0.493 e. The fraction of sp³-hybridized carbons (Fsp3) is 0.167. The number of amides is 1. The van der Waals surface area contributed by atoms with Crippen LogP contribution in [0.3, 0.4) is 0 Å². The molecule has 124 valence electrons. The Morgan fingerprint density at radius 3 is 2.29 bits per heavy atom. The second-order valence-corrected chi connectivity index (χ2v) is 5.10. The molecule has 2 aromatic carbocycles. The second kappa shape index (κ2) is 8.47. The molecule has 0 spiro atoms. The van der Waals surface area contributed by atoms with Crippen molar-refractivity contribution in [2.75, 3.05) is 11.9 Å². The van der Waals surface area contributed by atoms with Crippen molar-refractivity contribution in [2.45, 2.75) is 12.8 Å². The van der Waals surface area contributed by atoms with Crippen molar-refractivity contribution in [1.82, 2.24) is 0 Å². The lowest BCUT2D eigenvalue weighted by Crippen LogP contribution is -2.15. The van der Waals surface area contributed by atoms with Gasteiger partial charge in [-0.25, -0.2) is 0 Å². The third-order valence-electron chi connectivity index (χ3n) is 3.21. The van der Waals surface area contributed by atoms with Crippen LogP contribution in [0.1, 0.15) is 22.3 Å². The molecule has 0 fully saturated rings. The molecule has 0 unspecified atom stereocenters. The Morgan fingerprint density at radius 2 is 1.71 bits per heavy atom. The van der Waals surface area contributed by atoms with Crippen molar-refractivity contribution in [1.29, 1.82) is 0 Å². The zero-order valence-corrected chi connectivity index (χ0v) is 12.9. The maximum absolute atomic E-state index is 11.8. The fourth-order valence-electron chi connectivity index (χ4n) is 2.01. The monoisotopic (exact) mass is 327 g/mol. The van der Waals surface area contributed by atoms with Crippen LogP contribution in [0.25, 0.3) is 0 Å². The third-order valence-corrected chi connectivity index (χ3v) is 3.21. The number of anilines is 1. The van der Waals surface area contributed by atoms with Crippen LogP contribution in [0.2, 0.25) is 0 Å². The average Bonchev–Trinajstić information content (AvgIpc) is 2.57. The summed E-state index contributed by atoms with van der Waals surface area (Å²) in [6.07, 6.45) is 0.871. The molecule has 0 atom stereocenters. The smallest absolute Gasteiger partial charge is 0.307 e. The van der Waals surface area contributed by atoms with E-state index in [-0.39, 0.29) is 25.4 Å². The lowest BCUT2D eigenvalue weighted by molar-refractivity contribution is -0.136. The van der Waals surface area contributed by atoms with Crippen molar-refractivity contribution >= 4 is 23.9 Å². The van der Waals surface area contributed by atoms with E-state index in [1.165, 1.54) is 0 Å². The molecule has 0 heterocycles. The van der Waals surface area contributed by atoms with Crippen LogP contribution >= 0.6 is 0 Å². The first-order valence-electron chi connectivity index (χ1n) is 7.35. The van der Waals surface area contributed by atoms with Gasteiger partial charge >= 0.3 is 5.97 Å². The second-order valence-electron chi connectivity index (χ2n) is 5.10. The van der Waals surface area contributed by atoms with Gasteiger partial charge in [0, 0.05) is 11.3 Å². The number of ether oxygens (including phenoxy) is 1. The number of hydrogen-bond donors (Lipinski definition) is 2. The fourth-order valence-corrected chi connectivity index (χ4v) is 2.01. The van der Waals surface area contributed by atoms with Crippen molar-refractivity contribution in [3.05, 3.63) is 59.7 Å². The largest absolute Gasteiger partial charge is 0.493 e. The van der Waals surface area contributed by atoms with Crippen LogP contribution in [-0.2, 0) is 16.0 Å². The number of nitrogens with one attached hydrogen (secondary N) is 1. The minimum atomic E-state index is -0.898. The molecule has 0 radical (unpaired) electrons. The van der Waals surface area contributed by atoms with Crippen LogP contribution in [0.4, 0.5) is 5.69 Å². The predicted octanol–water partition coefficient (Wildman–Crippen LogP) is 2.53. The van der Waals surface area contributed by atoms with Gasteiger partial charge in [0.15, 0.2) is 0 Å². The molecule has 0 saturated carbocycles. The number of carboxylic acid groups (broad SMARTS) is 1. The number of aldehydes is 1. The van der Waals surface area contributed by atoms with E-state index in [1.807, 2.05) is 0 Å². The van der Waals surface area contributed by atoms with Gasteiger partial charge in [-0.05, 0) is 42.0 Å². The molecule has 0 aromatic heterocycles. The summed E-state index contributed by atoms with van der Waals surface area (Å²) in [6, 6.07) is 13.3. The summed E-state index contributed by atoms with van der Waals surface area (Å²) in [7, 11) is 0. The molecule has 0 bridgehead atoms. The summed E-state index contributed by atoms with van der Waals surface area (Å²) >= 11 is 0. The Bertz CT molecular complexity index is 707. The molecule has 24 heavy (non-hydrogen) atoms. The Labute approximate surface area is 139 Å². The standard InChI is InChI=1S/C18H17NO5/c20-12-14-3-7-16(8-4-14)24-10-9-17(21)19-15-5-1-13(2-6-15)11-18(22)23/h1-8,12H,9-11H2,(H,19,21)(H,22,23). The normalized spacial score (nSPS) is 10.0. The van der Waals surface area contributed by atoms with E-state index >= 15 is 0 Å². The van der Waals surface area contributed by atoms with Crippen molar-refractivity contribution < 1.29 is 24.2 Å². The molecule has 0 saturated heterocycles. The number of carboxylic acids is 1. The molecule has 1 amide bonds. The van der Waals surface area contributed by atoms with Crippen LogP contribution in [0.15, 0.2) is 48.5 Å². The van der Waals surface area contributed by atoms with E-state index in [1.54, 1.807) is 48.5 Å². The van der Waals surface area contributed by atoms with Crippen molar-refractivity contribution in [3.8, 4) is 5.75 Å². The van der Waals surface area contributed by atoms with Crippen molar-refractivity contribution in [3.63, 3.8) is 0 Å². The summed E-state index contributed by atoms with van der Waals surface area (Å²) in [4.78, 5) is 33.0. The predicted molar refractivity (Wildman–Crippen MR) is 88.4 cm³/mol. The van der Waals surface area contributed by atoms with E-state index in [2.05, 4.69) is 5.32 Å². The Hall–Kier alpha value is -3.15. The highest BCUT2D eigenvalue weighted by Gasteiger charge is 2.05. The first-order chi connectivity index (χ1) is 11.6. The van der Waals surface area contributed by atoms with Gasteiger partial charge in [0.2, 0.25) is 5.91 Å². The van der Waals surface area contributed by atoms with Gasteiger partial charge in [-0.15, -0.1) is 0 Å².